The van der Waals surface area contributed by atoms with E-state index in [1.807, 2.05) is 0 Å². The Hall–Kier alpha value is -2.25. The number of aromatic hydroxyl groups is 1. The Labute approximate surface area is 134 Å². The molecular weight excluding hydrogens is 302 g/mol. The van der Waals surface area contributed by atoms with Crippen molar-refractivity contribution in [3.8, 4) is 11.5 Å². The number of benzene rings is 1. The maximum Gasteiger partial charge on any atom is 0.232 e. The van der Waals surface area contributed by atoms with Crippen LogP contribution in [-0.4, -0.2) is 43.2 Å². The number of amides is 1. The minimum atomic E-state index is -1.60. The number of aliphatic hydroxyl groups is 1. The molecule has 4 N–H and O–H groups in total. The summed E-state index contributed by atoms with van der Waals surface area (Å²) in [7, 11) is 4.19. The van der Waals surface area contributed by atoms with Crippen molar-refractivity contribution < 1.29 is 29.2 Å². The quantitative estimate of drug-likeness (QED) is 0.691. The molecule has 7 heteroatoms. The normalized spacial score (nSPS) is 27.2. The number of phenolic OH excluding ortho intramolecular Hbond substituents is 1. The van der Waals surface area contributed by atoms with Gasteiger partial charge in [-0.05, 0) is 23.8 Å². The van der Waals surface area contributed by atoms with Crippen molar-refractivity contribution in [1.29, 1.82) is 0 Å². The average molecular weight is 323 g/mol. The Kier molecular flexibility index (Phi) is 4.53. The Morgan fingerprint density at radius 2 is 1.96 bits per heavy atom. The van der Waals surface area contributed by atoms with Crippen LogP contribution in [0.5, 0.6) is 11.5 Å². The number of ether oxygens (including phenoxy) is 3. The Morgan fingerprint density at radius 1 is 1.26 bits per heavy atom. The zero-order chi connectivity index (χ0) is 17.3. The first-order valence-corrected chi connectivity index (χ1v) is 7.01. The summed E-state index contributed by atoms with van der Waals surface area (Å²) in [5.74, 6) is -1.76. The molecule has 0 bridgehead atoms. The molecular formula is C16H21NO6. The van der Waals surface area contributed by atoms with Crippen LogP contribution in [0.25, 0.3) is 0 Å². The summed E-state index contributed by atoms with van der Waals surface area (Å²) in [4.78, 5) is 12.3. The molecule has 1 amide bonds. The molecule has 2 atom stereocenters. The lowest BCUT2D eigenvalue weighted by Crippen LogP contribution is -2.50. The second-order valence-corrected chi connectivity index (χ2v) is 5.54. The summed E-state index contributed by atoms with van der Waals surface area (Å²) in [5.41, 5.74) is 4.76. The van der Waals surface area contributed by atoms with Gasteiger partial charge in [0.05, 0.1) is 26.4 Å². The van der Waals surface area contributed by atoms with Gasteiger partial charge < -0.3 is 30.2 Å². The number of rotatable bonds is 5. The van der Waals surface area contributed by atoms with E-state index in [0.29, 0.717) is 11.3 Å². The van der Waals surface area contributed by atoms with E-state index in [-0.39, 0.29) is 24.3 Å². The zero-order valence-electron chi connectivity index (χ0n) is 13.3. The van der Waals surface area contributed by atoms with Gasteiger partial charge in [-0.15, -0.1) is 0 Å². The highest BCUT2D eigenvalue weighted by Crippen LogP contribution is 2.44. The van der Waals surface area contributed by atoms with Crippen molar-refractivity contribution in [1.82, 2.24) is 0 Å². The van der Waals surface area contributed by atoms with E-state index in [1.54, 1.807) is 12.1 Å². The SMILES string of the molecule is COC1=CC(C(N)=O)(c2ccc(O)c(OC)c2)CC(O)(OC)C1. The van der Waals surface area contributed by atoms with Crippen LogP contribution in [0.2, 0.25) is 0 Å². The van der Waals surface area contributed by atoms with Crippen molar-refractivity contribution in [2.24, 2.45) is 5.73 Å². The second kappa shape index (κ2) is 6.10. The van der Waals surface area contributed by atoms with Gasteiger partial charge >= 0.3 is 0 Å². The minimum Gasteiger partial charge on any atom is -0.504 e. The van der Waals surface area contributed by atoms with Crippen molar-refractivity contribution in [2.75, 3.05) is 21.3 Å². The van der Waals surface area contributed by atoms with E-state index in [0.717, 1.165) is 0 Å². The van der Waals surface area contributed by atoms with Gasteiger partial charge in [0, 0.05) is 13.5 Å². The second-order valence-electron chi connectivity index (χ2n) is 5.54. The van der Waals surface area contributed by atoms with Gasteiger partial charge in [0.1, 0.15) is 5.41 Å². The lowest BCUT2D eigenvalue weighted by molar-refractivity contribution is -0.205. The predicted molar refractivity (Wildman–Crippen MR) is 81.8 cm³/mol. The van der Waals surface area contributed by atoms with Crippen molar-refractivity contribution in [2.45, 2.75) is 24.0 Å². The molecule has 0 saturated carbocycles. The monoisotopic (exact) mass is 323 g/mol. The van der Waals surface area contributed by atoms with E-state index < -0.39 is 17.1 Å². The third kappa shape index (κ3) is 2.97. The van der Waals surface area contributed by atoms with Crippen LogP contribution in [0.4, 0.5) is 0 Å². The molecule has 1 aliphatic rings. The van der Waals surface area contributed by atoms with E-state index >= 15 is 0 Å². The molecule has 23 heavy (non-hydrogen) atoms. The number of primary amides is 1. The molecule has 1 aliphatic carbocycles. The van der Waals surface area contributed by atoms with Gasteiger partial charge in [-0.1, -0.05) is 6.07 Å². The van der Waals surface area contributed by atoms with E-state index in [4.69, 9.17) is 19.9 Å². The van der Waals surface area contributed by atoms with Gasteiger partial charge in [0.15, 0.2) is 17.3 Å². The van der Waals surface area contributed by atoms with Crippen molar-refractivity contribution in [3.63, 3.8) is 0 Å². The number of hydrogen-bond donors (Lipinski definition) is 3. The third-order valence-corrected chi connectivity index (χ3v) is 4.19. The van der Waals surface area contributed by atoms with Crippen LogP contribution in [0.15, 0.2) is 30.0 Å². The predicted octanol–water partition coefficient (Wildman–Crippen LogP) is 0.783. The van der Waals surface area contributed by atoms with E-state index in [1.165, 1.54) is 33.5 Å². The maximum atomic E-state index is 12.3. The molecule has 2 rings (SSSR count). The molecule has 0 spiro atoms. The fourth-order valence-electron chi connectivity index (χ4n) is 2.86. The fraction of sp³-hybridized carbons (Fsp3) is 0.438. The summed E-state index contributed by atoms with van der Waals surface area (Å²) in [5, 5.41) is 20.3. The summed E-state index contributed by atoms with van der Waals surface area (Å²) >= 11 is 0. The summed E-state index contributed by atoms with van der Waals surface area (Å²) in [6.07, 6.45) is 1.60. The number of methoxy groups -OCH3 is 3. The number of phenols is 1. The number of carbonyl (C=O) groups is 1. The van der Waals surface area contributed by atoms with E-state index in [9.17, 15) is 15.0 Å². The van der Waals surface area contributed by atoms with Gasteiger partial charge in [-0.3, -0.25) is 4.79 Å². The molecule has 0 aliphatic heterocycles. The number of nitrogens with two attached hydrogens (primary N) is 1. The van der Waals surface area contributed by atoms with Crippen LogP contribution in [0.1, 0.15) is 18.4 Å². The summed E-state index contributed by atoms with van der Waals surface area (Å²) in [6, 6.07) is 4.46. The maximum absolute atomic E-state index is 12.3. The molecule has 1 aromatic rings. The lowest BCUT2D eigenvalue weighted by Gasteiger charge is -2.41. The fourth-order valence-corrected chi connectivity index (χ4v) is 2.86. The first-order chi connectivity index (χ1) is 10.8. The largest absolute Gasteiger partial charge is 0.504 e. The lowest BCUT2D eigenvalue weighted by atomic mass is 9.70. The van der Waals surface area contributed by atoms with Gasteiger partial charge in [0.25, 0.3) is 0 Å². The number of hydrogen-bond acceptors (Lipinski definition) is 6. The van der Waals surface area contributed by atoms with Crippen LogP contribution in [0.3, 0.4) is 0 Å². The highest BCUT2D eigenvalue weighted by atomic mass is 16.6. The first-order valence-electron chi connectivity index (χ1n) is 7.01. The first kappa shape index (κ1) is 17.1. The van der Waals surface area contributed by atoms with Crippen LogP contribution in [-0.2, 0) is 19.7 Å². The molecule has 0 saturated heterocycles. The standard InChI is InChI=1S/C16H21NO6/c1-21-11-7-15(14(17)19,9-16(20,8-11)23-3)10-4-5-12(18)13(6-10)22-2/h4-7,18,20H,8-9H2,1-3H3,(H2,17,19). The summed E-state index contributed by atoms with van der Waals surface area (Å²) < 4.78 is 15.5. The Balaban J connectivity index is 2.66. The Bertz CT molecular complexity index is 643. The molecule has 0 aromatic heterocycles. The van der Waals surface area contributed by atoms with Crippen LogP contribution < -0.4 is 10.5 Å². The van der Waals surface area contributed by atoms with Gasteiger partial charge in [0.2, 0.25) is 5.91 Å². The highest BCUT2D eigenvalue weighted by Gasteiger charge is 2.49. The molecule has 0 radical (unpaired) electrons. The topological polar surface area (TPSA) is 111 Å². The molecule has 2 unspecified atom stereocenters. The highest BCUT2D eigenvalue weighted by molar-refractivity contribution is 5.90. The zero-order valence-corrected chi connectivity index (χ0v) is 13.3. The molecule has 1 aromatic carbocycles. The van der Waals surface area contributed by atoms with E-state index in [2.05, 4.69) is 0 Å². The van der Waals surface area contributed by atoms with Gasteiger partial charge in [-0.2, -0.15) is 0 Å². The average Bonchev–Trinajstić information content (AvgIpc) is 2.54. The molecule has 0 fully saturated rings. The van der Waals surface area contributed by atoms with Crippen molar-refractivity contribution >= 4 is 5.91 Å². The molecule has 0 heterocycles. The minimum absolute atomic E-state index is 0.0652. The summed E-state index contributed by atoms with van der Waals surface area (Å²) in [6.45, 7) is 0. The smallest absolute Gasteiger partial charge is 0.232 e. The van der Waals surface area contributed by atoms with Crippen molar-refractivity contribution in [3.05, 3.63) is 35.6 Å². The van der Waals surface area contributed by atoms with Gasteiger partial charge in [-0.25, -0.2) is 0 Å². The Morgan fingerprint density at radius 3 is 2.48 bits per heavy atom. The molecule has 7 nitrogen and oxygen atoms in total. The number of carbonyl (C=O) groups excluding carboxylic acids is 1. The van der Waals surface area contributed by atoms with Crippen LogP contribution >= 0.6 is 0 Å². The molecule has 126 valence electrons. The third-order valence-electron chi connectivity index (χ3n) is 4.19. The van der Waals surface area contributed by atoms with Crippen LogP contribution in [0, 0.1) is 0 Å².